The number of aliphatic hydroxyl groups is 2. The molecule has 0 unspecified atom stereocenters. The molecule has 0 heterocycles. The summed E-state index contributed by atoms with van der Waals surface area (Å²) in [5.41, 5.74) is 1.25. The first-order valence-corrected chi connectivity index (χ1v) is 6.80. The van der Waals surface area contributed by atoms with E-state index in [-0.39, 0.29) is 19.0 Å². The highest BCUT2D eigenvalue weighted by Gasteiger charge is 2.09. The van der Waals surface area contributed by atoms with Crippen LogP contribution in [0.25, 0.3) is 0 Å². The van der Waals surface area contributed by atoms with Crippen molar-refractivity contribution in [3.05, 3.63) is 58.4 Å². The molecular weight excluding hydrogens is 287 g/mol. The average Bonchev–Trinajstić information content (AvgIpc) is 2.41. The SMILES string of the molecule is OCc1cc(F)ccc1Sc1cc(Cl)ccc1CO. The highest BCUT2D eigenvalue weighted by Crippen LogP contribution is 2.34. The molecule has 0 aliphatic heterocycles. The van der Waals surface area contributed by atoms with Crippen molar-refractivity contribution in [2.45, 2.75) is 23.0 Å². The molecule has 0 spiro atoms. The Morgan fingerprint density at radius 2 is 1.68 bits per heavy atom. The van der Waals surface area contributed by atoms with Crippen molar-refractivity contribution in [1.29, 1.82) is 0 Å². The maximum Gasteiger partial charge on any atom is 0.123 e. The van der Waals surface area contributed by atoms with Crippen molar-refractivity contribution in [1.82, 2.24) is 0 Å². The molecule has 0 saturated carbocycles. The average molecular weight is 299 g/mol. The van der Waals surface area contributed by atoms with E-state index in [0.717, 1.165) is 15.4 Å². The normalized spacial score (nSPS) is 10.7. The monoisotopic (exact) mass is 298 g/mol. The first-order chi connectivity index (χ1) is 9.13. The molecular formula is C14H12ClFO2S. The van der Waals surface area contributed by atoms with Gasteiger partial charge in [0.2, 0.25) is 0 Å². The van der Waals surface area contributed by atoms with E-state index in [1.165, 1.54) is 23.9 Å². The zero-order valence-corrected chi connectivity index (χ0v) is 11.5. The summed E-state index contributed by atoms with van der Waals surface area (Å²) in [5.74, 6) is -0.387. The first-order valence-electron chi connectivity index (χ1n) is 5.60. The lowest BCUT2D eigenvalue weighted by molar-refractivity contribution is 0.278. The summed E-state index contributed by atoms with van der Waals surface area (Å²) in [6.45, 7) is -0.343. The maximum atomic E-state index is 13.1. The van der Waals surface area contributed by atoms with Crippen LogP contribution in [0, 0.1) is 5.82 Å². The van der Waals surface area contributed by atoms with Gasteiger partial charge in [-0.1, -0.05) is 29.4 Å². The first kappa shape index (κ1) is 14.3. The second-order valence-electron chi connectivity index (χ2n) is 3.92. The van der Waals surface area contributed by atoms with Gasteiger partial charge >= 0.3 is 0 Å². The molecule has 0 radical (unpaired) electrons. The van der Waals surface area contributed by atoms with E-state index in [1.54, 1.807) is 24.3 Å². The molecule has 2 rings (SSSR count). The molecule has 0 amide bonds. The lowest BCUT2D eigenvalue weighted by Crippen LogP contribution is -1.92. The molecule has 0 bridgehead atoms. The third kappa shape index (κ3) is 3.48. The second-order valence-corrected chi connectivity index (χ2v) is 5.44. The van der Waals surface area contributed by atoms with Crippen LogP contribution in [0.3, 0.4) is 0 Å². The number of rotatable bonds is 4. The van der Waals surface area contributed by atoms with Crippen LogP contribution in [0.1, 0.15) is 11.1 Å². The molecule has 0 aliphatic rings. The number of hydrogen-bond acceptors (Lipinski definition) is 3. The van der Waals surface area contributed by atoms with E-state index in [0.29, 0.717) is 10.6 Å². The Labute approximate surface area is 119 Å². The number of hydrogen-bond donors (Lipinski definition) is 2. The molecule has 0 atom stereocenters. The van der Waals surface area contributed by atoms with E-state index in [2.05, 4.69) is 0 Å². The van der Waals surface area contributed by atoms with Gasteiger partial charge in [-0.15, -0.1) is 0 Å². The maximum absolute atomic E-state index is 13.1. The molecule has 0 fully saturated rings. The Hall–Kier alpha value is -1.07. The summed E-state index contributed by atoms with van der Waals surface area (Å²) >= 11 is 7.28. The van der Waals surface area contributed by atoms with Crippen LogP contribution in [0.2, 0.25) is 5.02 Å². The van der Waals surface area contributed by atoms with Crippen molar-refractivity contribution in [3.8, 4) is 0 Å². The minimum Gasteiger partial charge on any atom is -0.392 e. The van der Waals surface area contributed by atoms with Crippen molar-refractivity contribution in [2.24, 2.45) is 0 Å². The van der Waals surface area contributed by atoms with Gasteiger partial charge in [-0.2, -0.15) is 0 Å². The van der Waals surface area contributed by atoms with Crippen molar-refractivity contribution >= 4 is 23.4 Å². The Balaban J connectivity index is 2.38. The van der Waals surface area contributed by atoms with Crippen molar-refractivity contribution < 1.29 is 14.6 Å². The van der Waals surface area contributed by atoms with Gasteiger partial charge in [-0.05, 0) is 41.5 Å². The smallest absolute Gasteiger partial charge is 0.123 e. The van der Waals surface area contributed by atoms with E-state index in [1.807, 2.05) is 0 Å². The van der Waals surface area contributed by atoms with E-state index in [9.17, 15) is 14.6 Å². The third-order valence-corrected chi connectivity index (χ3v) is 4.07. The molecule has 5 heteroatoms. The molecule has 2 nitrogen and oxygen atoms in total. The second kappa shape index (κ2) is 6.39. The summed E-state index contributed by atoms with van der Waals surface area (Å²) < 4.78 is 13.1. The summed E-state index contributed by atoms with van der Waals surface area (Å²) in [6.07, 6.45) is 0. The Morgan fingerprint density at radius 1 is 0.947 bits per heavy atom. The van der Waals surface area contributed by atoms with Gasteiger partial charge in [-0.3, -0.25) is 0 Å². The van der Waals surface area contributed by atoms with Gasteiger partial charge in [0.05, 0.1) is 13.2 Å². The lowest BCUT2D eigenvalue weighted by atomic mass is 10.2. The van der Waals surface area contributed by atoms with Crippen molar-refractivity contribution in [3.63, 3.8) is 0 Å². The summed E-state index contributed by atoms with van der Waals surface area (Å²) in [5, 5.41) is 19.1. The van der Waals surface area contributed by atoms with Crippen LogP contribution < -0.4 is 0 Å². The Morgan fingerprint density at radius 3 is 2.37 bits per heavy atom. The zero-order chi connectivity index (χ0) is 13.8. The predicted octanol–water partition coefficient (Wildman–Crippen LogP) is 3.61. The fourth-order valence-electron chi connectivity index (χ4n) is 1.64. The molecule has 0 saturated heterocycles. The van der Waals surface area contributed by atoms with Gasteiger partial charge in [0.25, 0.3) is 0 Å². The molecule has 100 valence electrons. The van der Waals surface area contributed by atoms with Crippen LogP contribution in [-0.4, -0.2) is 10.2 Å². The molecule has 0 aliphatic carbocycles. The van der Waals surface area contributed by atoms with E-state index >= 15 is 0 Å². The lowest BCUT2D eigenvalue weighted by Gasteiger charge is -2.10. The minimum atomic E-state index is -0.387. The molecule has 0 aromatic heterocycles. The Bertz CT molecular complexity index is 590. The molecule has 19 heavy (non-hydrogen) atoms. The van der Waals surface area contributed by atoms with Gasteiger partial charge in [0.15, 0.2) is 0 Å². The minimum absolute atomic E-state index is 0.102. The fraction of sp³-hybridized carbons (Fsp3) is 0.143. The van der Waals surface area contributed by atoms with Gasteiger partial charge in [-0.25, -0.2) is 4.39 Å². The summed E-state index contributed by atoms with van der Waals surface area (Å²) in [6, 6.07) is 9.42. The van der Waals surface area contributed by atoms with Gasteiger partial charge in [0.1, 0.15) is 5.82 Å². The van der Waals surface area contributed by atoms with Crippen LogP contribution in [0.15, 0.2) is 46.2 Å². The van der Waals surface area contributed by atoms with Crippen molar-refractivity contribution in [2.75, 3.05) is 0 Å². The molecule has 2 aromatic carbocycles. The summed E-state index contributed by atoms with van der Waals surface area (Å²) in [7, 11) is 0. The standard InChI is InChI=1S/C14H12ClFO2S/c15-11-2-1-9(7-17)14(6-11)19-13-4-3-12(16)5-10(13)8-18/h1-6,17-18H,7-8H2. The largest absolute Gasteiger partial charge is 0.392 e. The topological polar surface area (TPSA) is 40.5 Å². The van der Waals surface area contributed by atoms with E-state index in [4.69, 9.17) is 11.6 Å². The number of benzene rings is 2. The van der Waals surface area contributed by atoms with Gasteiger partial charge < -0.3 is 10.2 Å². The number of aliphatic hydroxyl groups excluding tert-OH is 2. The third-order valence-electron chi connectivity index (χ3n) is 2.61. The molecule has 2 N–H and O–H groups in total. The quantitative estimate of drug-likeness (QED) is 0.906. The predicted molar refractivity (Wildman–Crippen MR) is 73.8 cm³/mol. The summed E-state index contributed by atoms with van der Waals surface area (Å²) in [4.78, 5) is 1.53. The Kier molecular flexibility index (Phi) is 4.82. The van der Waals surface area contributed by atoms with Crippen LogP contribution in [0.4, 0.5) is 4.39 Å². The molecule has 2 aromatic rings. The van der Waals surface area contributed by atoms with Crippen LogP contribution in [-0.2, 0) is 13.2 Å². The zero-order valence-electron chi connectivity index (χ0n) is 9.94. The van der Waals surface area contributed by atoms with Crippen LogP contribution >= 0.6 is 23.4 Å². The highest BCUT2D eigenvalue weighted by atomic mass is 35.5. The number of halogens is 2. The van der Waals surface area contributed by atoms with Crippen LogP contribution in [0.5, 0.6) is 0 Å². The highest BCUT2D eigenvalue weighted by molar-refractivity contribution is 7.99. The van der Waals surface area contributed by atoms with E-state index < -0.39 is 0 Å². The fourth-order valence-corrected chi connectivity index (χ4v) is 2.96. The van der Waals surface area contributed by atoms with Gasteiger partial charge in [0, 0.05) is 14.8 Å².